The lowest BCUT2D eigenvalue weighted by Crippen LogP contribution is -2.38. The zero-order chi connectivity index (χ0) is 11.2. The second-order valence-electron chi connectivity index (χ2n) is 4.74. The lowest BCUT2D eigenvalue weighted by molar-refractivity contribution is -0.124. The van der Waals surface area contributed by atoms with E-state index < -0.39 is 0 Å². The quantitative estimate of drug-likeness (QED) is 0.735. The van der Waals surface area contributed by atoms with Crippen LogP contribution in [-0.2, 0) is 16.6 Å². The number of amides is 1. The fourth-order valence-corrected chi connectivity index (χ4v) is 3.31. The van der Waals surface area contributed by atoms with Gasteiger partial charge in [-0.1, -0.05) is 17.7 Å². The Labute approximate surface area is 100.0 Å². The normalized spacial score (nSPS) is 27.9. The van der Waals surface area contributed by atoms with Crippen molar-refractivity contribution >= 4 is 17.5 Å². The molecule has 1 amide bonds. The smallest absolute Gasteiger partial charge is 0.230 e. The van der Waals surface area contributed by atoms with E-state index in [4.69, 9.17) is 11.6 Å². The molecule has 1 heterocycles. The molecule has 1 unspecified atom stereocenters. The number of carbonyl (C=O) groups is 1. The first-order chi connectivity index (χ1) is 7.72. The summed E-state index contributed by atoms with van der Waals surface area (Å²) < 4.78 is 0. The van der Waals surface area contributed by atoms with Crippen LogP contribution < -0.4 is 5.32 Å². The number of aryl methyl sites for hydroxylation is 1. The summed E-state index contributed by atoms with van der Waals surface area (Å²) in [7, 11) is 0. The average molecular weight is 236 g/mol. The van der Waals surface area contributed by atoms with Crippen LogP contribution >= 0.6 is 11.6 Å². The Kier molecular flexibility index (Phi) is 2.21. The van der Waals surface area contributed by atoms with Crippen LogP contribution in [0.1, 0.15) is 30.4 Å². The molecule has 1 spiro atoms. The highest BCUT2D eigenvalue weighted by molar-refractivity contribution is 6.30. The molecule has 3 rings (SSSR count). The predicted molar refractivity (Wildman–Crippen MR) is 63.7 cm³/mol. The molecule has 16 heavy (non-hydrogen) atoms. The van der Waals surface area contributed by atoms with Crippen LogP contribution in [0.15, 0.2) is 18.2 Å². The largest absolute Gasteiger partial charge is 0.355 e. The van der Waals surface area contributed by atoms with Crippen molar-refractivity contribution in [3.63, 3.8) is 0 Å². The zero-order valence-electron chi connectivity index (χ0n) is 9.05. The summed E-state index contributed by atoms with van der Waals surface area (Å²) in [6, 6.07) is 5.96. The Hall–Kier alpha value is -1.02. The maximum atomic E-state index is 12.1. The van der Waals surface area contributed by atoms with E-state index in [1.165, 1.54) is 11.1 Å². The first-order valence-corrected chi connectivity index (χ1v) is 6.17. The van der Waals surface area contributed by atoms with Gasteiger partial charge in [0.1, 0.15) is 0 Å². The lowest BCUT2D eigenvalue weighted by Gasteiger charge is -2.33. The van der Waals surface area contributed by atoms with Crippen molar-refractivity contribution < 1.29 is 4.79 Å². The van der Waals surface area contributed by atoms with E-state index in [1.807, 2.05) is 18.2 Å². The first-order valence-electron chi connectivity index (χ1n) is 5.80. The number of fused-ring (bicyclic) bond motifs is 2. The molecule has 3 heteroatoms. The lowest BCUT2D eigenvalue weighted by atomic mass is 9.69. The molecule has 0 aromatic heterocycles. The van der Waals surface area contributed by atoms with Gasteiger partial charge in [-0.05, 0) is 48.9 Å². The third kappa shape index (κ3) is 1.29. The van der Waals surface area contributed by atoms with Gasteiger partial charge in [0, 0.05) is 11.6 Å². The molecule has 1 aromatic rings. The molecule has 1 aliphatic heterocycles. The molecule has 1 fully saturated rings. The monoisotopic (exact) mass is 235 g/mol. The number of hydrogen-bond acceptors (Lipinski definition) is 1. The van der Waals surface area contributed by atoms with Gasteiger partial charge in [-0.2, -0.15) is 0 Å². The standard InChI is InChI=1S/C13H14ClNO/c14-10-3-4-11-9(8-10)2-1-5-13(11)6-7-15-12(13)16/h3-4,8H,1-2,5-7H2,(H,15,16). The number of benzene rings is 1. The number of rotatable bonds is 0. The van der Waals surface area contributed by atoms with Gasteiger partial charge in [0.15, 0.2) is 0 Å². The van der Waals surface area contributed by atoms with Gasteiger partial charge < -0.3 is 5.32 Å². The van der Waals surface area contributed by atoms with E-state index in [1.54, 1.807) is 0 Å². The number of carbonyl (C=O) groups excluding carboxylic acids is 1. The molecule has 1 N–H and O–H groups in total. The molecule has 1 aliphatic carbocycles. The molecular weight excluding hydrogens is 222 g/mol. The summed E-state index contributed by atoms with van der Waals surface area (Å²) in [6.45, 7) is 0.806. The minimum absolute atomic E-state index is 0.204. The summed E-state index contributed by atoms with van der Waals surface area (Å²) in [5.74, 6) is 0.204. The van der Waals surface area contributed by atoms with Crippen LogP contribution in [0.5, 0.6) is 0 Å². The van der Waals surface area contributed by atoms with Crippen molar-refractivity contribution in [2.75, 3.05) is 6.54 Å². The third-order valence-corrected chi connectivity index (χ3v) is 4.14. The molecular formula is C13H14ClNO. The van der Waals surface area contributed by atoms with Gasteiger partial charge >= 0.3 is 0 Å². The van der Waals surface area contributed by atoms with Gasteiger partial charge in [0.2, 0.25) is 5.91 Å². The molecule has 1 saturated heterocycles. The van der Waals surface area contributed by atoms with E-state index in [0.29, 0.717) is 0 Å². The van der Waals surface area contributed by atoms with Crippen LogP contribution in [0.2, 0.25) is 5.02 Å². The topological polar surface area (TPSA) is 29.1 Å². The molecule has 0 bridgehead atoms. The predicted octanol–water partition coefficient (Wildman–Crippen LogP) is 2.43. The number of nitrogens with one attached hydrogen (secondary N) is 1. The van der Waals surface area contributed by atoms with Crippen molar-refractivity contribution in [1.82, 2.24) is 5.32 Å². The highest BCUT2D eigenvalue weighted by atomic mass is 35.5. The molecule has 84 valence electrons. The highest BCUT2D eigenvalue weighted by Crippen LogP contribution is 2.42. The van der Waals surface area contributed by atoms with Crippen LogP contribution in [0.3, 0.4) is 0 Å². The molecule has 0 radical (unpaired) electrons. The van der Waals surface area contributed by atoms with Crippen LogP contribution in [0.4, 0.5) is 0 Å². The zero-order valence-corrected chi connectivity index (χ0v) is 9.81. The fraction of sp³-hybridized carbons (Fsp3) is 0.462. The third-order valence-electron chi connectivity index (χ3n) is 3.90. The summed E-state index contributed by atoms with van der Waals surface area (Å²) in [6.07, 6.45) is 4.04. The Bertz CT molecular complexity index is 457. The SMILES string of the molecule is O=C1NCCC12CCCc1cc(Cl)ccc12. The maximum absolute atomic E-state index is 12.1. The first kappa shape index (κ1) is 10.2. The number of halogens is 1. The molecule has 1 atom stereocenters. The van der Waals surface area contributed by atoms with Gasteiger partial charge in [-0.25, -0.2) is 0 Å². The maximum Gasteiger partial charge on any atom is 0.230 e. The summed E-state index contributed by atoms with van der Waals surface area (Å²) in [5.41, 5.74) is 2.21. The van der Waals surface area contributed by atoms with Crippen LogP contribution in [0.25, 0.3) is 0 Å². The van der Waals surface area contributed by atoms with Gasteiger partial charge in [0.05, 0.1) is 5.41 Å². The fourth-order valence-electron chi connectivity index (χ4n) is 3.12. The van der Waals surface area contributed by atoms with E-state index in [2.05, 4.69) is 5.32 Å². The molecule has 1 aromatic carbocycles. The second-order valence-corrected chi connectivity index (χ2v) is 5.18. The van der Waals surface area contributed by atoms with E-state index >= 15 is 0 Å². The van der Waals surface area contributed by atoms with E-state index in [-0.39, 0.29) is 11.3 Å². The summed E-state index contributed by atoms with van der Waals surface area (Å²) in [4.78, 5) is 12.1. The van der Waals surface area contributed by atoms with Crippen LogP contribution in [0, 0.1) is 0 Å². The van der Waals surface area contributed by atoms with Gasteiger partial charge in [-0.3, -0.25) is 4.79 Å². The van der Waals surface area contributed by atoms with Crippen molar-refractivity contribution in [1.29, 1.82) is 0 Å². The minimum atomic E-state index is -0.252. The Morgan fingerprint density at radius 3 is 2.94 bits per heavy atom. The van der Waals surface area contributed by atoms with E-state index in [0.717, 1.165) is 37.3 Å². The Morgan fingerprint density at radius 2 is 2.19 bits per heavy atom. The summed E-state index contributed by atoms with van der Waals surface area (Å²) in [5, 5.41) is 3.74. The van der Waals surface area contributed by atoms with Gasteiger partial charge in [0.25, 0.3) is 0 Å². The molecule has 0 saturated carbocycles. The minimum Gasteiger partial charge on any atom is -0.355 e. The second kappa shape index (κ2) is 3.49. The molecule has 2 nitrogen and oxygen atoms in total. The Morgan fingerprint density at radius 1 is 1.31 bits per heavy atom. The van der Waals surface area contributed by atoms with Crippen molar-refractivity contribution in [3.05, 3.63) is 34.3 Å². The number of hydrogen-bond donors (Lipinski definition) is 1. The van der Waals surface area contributed by atoms with Crippen molar-refractivity contribution in [2.24, 2.45) is 0 Å². The van der Waals surface area contributed by atoms with Crippen molar-refractivity contribution in [2.45, 2.75) is 31.1 Å². The van der Waals surface area contributed by atoms with Gasteiger partial charge in [-0.15, -0.1) is 0 Å². The van der Waals surface area contributed by atoms with Crippen molar-refractivity contribution in [3.8, 4) is 0 Å². The highest BCUT2D eigenvalue weighted by Gasteiger charge is 2.46. The average Bonchev–Trinajstić information content (AvgIpc) is 2.61. The Balaban J connectivity index is 2.16. The summed E-state index contributed by atoms with van der Waals surface area (Å²) >= 11 is 6.01. The van der Waals surface area contributed by atoms with E-state index in [9.17, 15) is 4.79 Å². The molecule has 2 aliphatic rings. The van der Waals surface area contributed by atoms with Crippen LogP contribution in [-0.4, -0.2) is 12.5 Å².